The maximum atomic E-state index is 12.4. The third-order valence-corrected chi connectivity index (χ3v) is 3.62. The van der Waals surface area contributed by atoms with Crippen LogP contribution < -0.4 is 15.4 Å². The Kier molecular flexibility index (Phi) is 7.49. The number of alkyl halides is 2. The van der Waals surface area contributed by atoms with E-state index < -0.39 is 24.5 Å². The van der Waals surface area contributed by atoms with Crippen LogP contribution in [0.15, 0.2) is 60.7 Å². The molecule has 0 heterocycles. The van der Waals surface area contributed by atoms with Crippen LogP contribution in [0.25, 0.3) is 6.08 Å². The number of nitrogens with one attached hydrogen (secondary N) is 2. The number of hydrogen-bond acceptors (Lipinski definition) is 3. The minimum atomic E-state index is -2.95. The summed E-state index contributed by atoms with van der Waals surface area (Å²) >= 11 is 0. The van der Waals surface area contributed by atoms with Crippen LogP contribution in [-0.2, 0) is 16.1 Å². The smallest absolute Gasteiger partial charge is 0.387 e. The molecule has 142 valence electrons. The summed E-state index contributed by atoms with van der Waals surface area (Å²) in [6.45, 7) is -1.41. The fourth-order valence-electron chi connectivity index (χ4n) is 2.26. The molecule has 0 aliphatic carbocycles. The van der Waals surface area contributed by atoms with Crippen molar-refractivity contribution in [3.05, 3.63) is 71.8 Å². The zero-order valence-corrected chi connectivity index (χ0v) is 14.7. The largest absolute Gasteiger partial charge is 0.434 e. The van der Waals surface area contributed by atoms with Gasteiger partial charge >= 0.3 is 6.61 Å². The Morgan fingerprint density at radius 3 is 2.44 bits per heavy atom. The Labute approximate surface area is 156 Å². The summed E-state index contributed by atoms with van der Waals surface area (Å²) in [6.07, 6.45) is 2.97. The SMILES string of the molecule is CC(NC(=O)/C=C/c1ccccc1)C(=O)NCc1ccccc1OC(F)F. The first-order valence-electron chi connectivity index (χ1n) is 8.30. The normalized spacial score (nSPS) is 12.0. The van der Waals surface area contributed by atoms with E-state index in [-0.39, 0.29) is 12.3 Å². The zero-order chi connectivity index (χ0) is 19.6. The first kappa shape index (κ1) is 20.1. The molecule has 7 heteroatoms. The lowest BCUT2D eigenvalue weighted by Crippen LogP contribution is -2.44. The Bertz CT molecular complexity index is 795. The van der Waals surface area contributed by atoms with Crippen LogP contribution in [0, 0.1) is 0 Å². The molecule has 0 radical (unpaired) electrons. The predicted molar refractivity (Wildman–Crippen MR) is 98.0 cm³/mol. The molecule has 0 saturated heterocycles. The lowest BCUT2D eigenvalue weighted by Gasteiger charge is -2.15. The summed E-state index contributed by atoms with van der Waals surface area (Å²) in [7, 11) is 0. The predicted octanol–water partition coefficient (Wildman–Crippen LogP) is 3.12. The number of carbonyl (C=O) groups is 2. The first-order valence-corrected chi connectivity index (χ1v) is 8.30. The van der Waals surface area contributed by atoms with Crippen molar-refractivity contribution in [1.29, 1.82) is 0 Å². The average molecular weight is 374 g/mol. The van der Waals surface area contributed by atoms with Gasteiger partial charge in [-0.2, -0.15) is 8.78 Å². The third kappa shape index (κ3) is 6.89. The Balaban J connectivity index is 1.85. The van der Waals surface area contributed by atoms with Gasteiger partial charge in [-0.3, -0.25) is 9.59 Å². The highest BCUT2D eigenvalue weighted by Crippen LogP contribution is 2.19. The van der Waals surface area contributed by atoms with E-state index in [1.54, 1.807) is 24.3 Å². The van der Waals surface area contributed by atoms with E-state index in [1.165, 1.54) is 19.1 Å². The molecule has 0 fully saturated rings. The molecule has 27 heavy (non-hydrogen) atoms. The Morgan fingerprint density at radius 1 is 1.07 bits per heavy atom. The zero-order valence-electron chi connectivity index (χ0n) is 14.7. The lowest BCUT2D eigenvalue weighted by molar-refractivity contribution is -0.126. The molecule has 0 aliphatic heterocycles. The van der Waals surface area contributed by atoms with Crippen LogP contribution in [0.2, 0.25) is 0 Å². The molecule has 0 aliphatic rings. The number of halogens is 2. The van der Waals surface area contributed by atoms with Crippen molar-refractivity contribution in [1.82, 2.24) is 10.6 Å². The van der Waals surface area contributed by atoms with E-state index in [0.29, 0.717) is 5.56 Å². The molecule has 2 N–H and O–H groups in total. The summed E-state index contributed by atoms with van der Waals surface area (Å²) in [6, 6.07) is 14.7. The summed E-state index contributed by atoms with van der Waals surface area (Å²) < 4.78 is 29.2. The van der Waals surface area contributed by atoms with Crippen molar-refractivity contribution in [3.63, 3.8) is 0 Å². The highest BCUT2D eigenvalue weighted by atomic mass is 19.3. The second-order valence-corrected chi connectivity index (χ2v) is 5.68. The van der Waals surface area contributed by atoms with Gasteiger partial charge in [0, 0.05) is 18.2 Å². The molecule has 0 bridgehead atoms. The van der Waals surface area contributed by atoms with Crippen molar-refractivity contribution in [2.45, 2.75) is 26.1 Å². The van der Waals surface area contributed by atoms with Crippen molar-refractivity contribution in [3.8, 4) is 5.75 Å². The van der Waals surface area contributed by atoms with Crippen LogP contribution in [0.5, 0.6) is 5.75 Å². The van der Waals surface area contributed by atoms with Crippen molar-refractivity contribution in [2.24, 2.45) is 0 Å². The highest BCUT2D eigenvalue weighted by molar-refractivity contribution is 5.95. The maximum Gasteiger partial charge on any atom is 0.387 e. The van der Waals surface area contributed by atoms with Crippen LogP contribution in [0.4, 0.5) is 8.78 Å². The van der Waals surface area contributed by atoms with Crippen LogP contribution in [0.3, 0.4) is 0 Å². The van der Waals surface area contributed by atoms with Crippen molar-refractivity contribution >= 4 is 17.9 Å². The van der Waals surface area contributed by atoms with E-state index in [2.05, 4.69) is 15.4 Å². The molecule has 2 rings (SSSR count). The fourth-order valence-corrected chi connectivity index (χ4v) is 2.26. The number of rotatable bonds is 8. The number of para-hydroxylation sites is 1. The second-order valence-electron chi connectivity index (χ2n) is 5.68. The molecule has 5 nitrogen and oxygen atoms in total. The average Bonchev–Trinajstić information content (AvgIpc) is 2.65. The van der Waals surface area contributed by atoms with Crippen LogP contribution in [0.1, 0.15) is 18.1 Å². The van der Waals surface area contributed by atoms with Gasteiger partial charge in [0.15, 0.2) is 0 Å². The summed E-state index contributed by atoms with van der Waals surface area (Å²) in [5, 5.41) is 5.13. The molecule has 2 aromatic rings. The molecular formula is C20H20F2N2O3. The second kappa shape index (κ2) is 10.1. The number of ether oxygens (including phenoxy) is 1. The molecule has 2 amide bonds. The van der Waals surface area contributed by atoms with E-state index in [0.717, 1.165) is 5.56 Å². The van der Waals surface area contributed by atoms with Gasteiger partial charge in [0.2, 0.25) is 11.8 Å². The molecule has 1 atom stereocenters. The van der Waals surface area contributed by atoms with E-state index in [9.17, 15) is 18.4 Å². The fraction of sp³-hybridized carbons (Fsp3) is 0.200. The molecule has 0 aromatic heterocycles. The maximum absolute atomic E-state index is 12.4. The van der Waals surface area contributed by atoms with E-state index in [4.69, 9.17) is 0 Å². The standard InChI is InChI=1S/C20H20F2N2O3/c1-14(24-18(25)12-11-15-7-3-2-4-8-15)19(26)23-13-16-9-5-6-10-17(16)27-20(21)22/h2-12,14,20H,13H2,1H3,(H,23,26)(H,24,25)/b12-11+. The van der Waals surface area contributed by atoms with Gasteiger partial charge < -0.3 is 15.4 Å². The molecule has 0 saturated carbocycles. The molecule has 2 aromatic carbocycles. The van der Waals surface area contributed by atoms with Gasteiger partial charge in [-0.05, 0) is 24.6 Å². The van der Waals surface area contributed by atoms with E-state index >= 15 is 0 Å². The van der Waals surface area contributed by atoms with Crippen molar-refractivity contribution in [2.75, 3.05) is 0 Å². The molecular weight excluding hydrogens is 354 g/mol. The third-order valence-electron chi connectivity index (χ3n) is 3.62. The Morgan fingerprint density at radius 2 is 1.74 bits per heavy atom. The van der Waals surface area contributed by atoms with Crippen LogP contribution in [-0.4, -0.2) is 24.5 Å². The lowest BCUT2D eigenvalue weighted by atomic mass is 10.2. The first-order chi connectivity index (χ1) is 13.0. The molecule has 0 spiro atoms. The van der Waals surface area contributed by atoms with Gasteiger partial charge in [-0.25, -0.2) is 0 Å². The minimum Gasteiger partial charge on any atom is -0.434 e. The number of benzene rings is 2. The van der Waals surface area contributed by atoms with Gasteiger partial charge in [-0.15, -0.1) is 0 Å². The highest BCUT2D eigenvalue weighted by Gasteiger charge is 2.15. The van der Waals surface area contributed by atoms with Gasteiger partial charge in [0.1, 0.15) is 11.8 Å². The molecule has 1 unspecified atom stereocenters. The summed E-state index contributed by atoms with van der Waals surface area (Å²) in [5.41, 5.74) is 1.27. The topological polar surface area (TPSA) is 67.4 Å². The van der Waals surface area contributed by atoms with Gasteiger partial charge in [0.05, 0.1) is 0 Å². The minimum absolute atomic E-state index is 0.00178. The van der Waals surface area contributed by atoms with E-state index in [1.807, 2.05) is 30.3 Å². The summed E-state index contributed by atoms with van der Waals surface area (Å²) in [4.78, 5) is 24.0. The number of amides is 2. The summed E-state index contributed by atoms with van der Waals surface area (Å²) in [5.74, 6) is -0.860. The number of carbonyl (C=O) groups excluding carboxylic acids is 2. The monoisotopic (exact) mass is 374 g/mol. The van der Waals surface area contributed by atoms with Gasteiger partial charge in [0.25, 0.3) is 0 Å². The van der Waals surface area contributed by atoms with Gasteiger partial charge in [-0.1, -0.05) is 48.5 Å². The van der Waals surface area contributed by atoms with Crippen LogP contribution >= 0.6 is 0 Å². The quantitative estimate of drug-likeness (QED) is 0.698. The van der Waals surface area contributed by atoms with Crippen molar-refractivity contribution < 1.29 is 23.1 Å². The Hall–Kier alpha value is -3.22. The number of hydrogen-bond donors (Lipinski definition) is 2.